The van der Waals surface area contributed by atoms with Crippen molar-refractivity contribution in [2.24, 2.45) is 0 Å². The van der Waals surface area contributed by atoms with E-state index >= 15 is 0 Å². The quantitative estimate of drug-likeness (QED) is 0.841. The highest BCUT2D eigenvalue weighted by molar-refractivity contribution is 5.79. The van der Waals surface area contributed by atoms with Crippen molar-refractivity contribution >= 4 is 12.0 Å². The molecule has 6 nitrogen and oxygen atoms in total. The molecule has 1 aromatic carbocycles. The van der Waals surface area contributed by atoms with E-state index in [2.05, 4.69) is 20.9 Å². The normalized spacial score (nSPS) is 19.0. The van der Waals surface area contributed by atoms with E-state index in [4.69, 9.17) is 4.74 Å². The highest BCUT2D eigenvalue weighted by Gasteiger charge is 2.48. The van der Waals surface area contributed by atoms with E-state index in [1.807, 2.05) is 11.0 Å². The number of fused-ring (bicyclic) bond motifs is 2. The van der Waals surface area contributed by atoms with Gasteiger partial charge >= 0.3 is 0 Å². The average Bonchev–Trinajstić information content (AvgIpc) is 3.21. The molecule has 2 aliphatic heterocycles. The zero-order chi connectivity index (χ0) is 20.3. The van der Waals surface area contributed by atoms with Gasteiger partial charge in [-0.05, 0) is 30.5 Å². The van der Waals surface area contributed by atoms with Crippen LogP contribution in [0, 0.1) is 5.82 Å². The van der Waals surface area contributed by atoms with Crippen LogP contribution in [0.4, 0.5) is 4.39 Å². The van der Waals surface area contributed by atoms with Gasteiger partial charge in [0.15, 0.2) is 0 Å². The van der Waals surface area contributed by atoms with Crippen LogP contribution in [0.25, 0.3) is 6.08 Å². The van der Waals surface area contributed by atoms with Crippen molar-refractivity contribution in [1.82, 2.24) is 19.8 Å². The number of imidazole rings is 1. The average molecular weight is 398 g/mol. The minimum absolute atomic E-state index is 0.0332. The van der Waals surface area contributed by atoms with E-state index in [-0.39, 0.29) is 23.9 Å². The van der Waals surface area contributed by atoms with Crippen LogP contribution in [0.3, 0.4) is 0 Å². The number of aromatic amines is 1. The van der Waals surface area contributed by atoms with Crippen LogP contribution in [0.5, 0.6) is 0 Å². The number of benzene rings is 1. The smallest absolute Gasteiger partial charge is 0.249 e. The Bertz CT molecular complexity index is 869. The maximum absolute atomic E-state index is 13.0. The summed E-state index contributed by atoms with van der Waals surface area (Å²) in [5.41, 5.74) is 2.82. The lowest BCUT2D eigenvalue weighted by Crippen LogP contribution is -2.59. The number of methoxy groups -OCH3 is 1. The lowest BCUT2D eigenvalue weighted by atomic mass is 9.78. The summed E-state index contributed by atoms with van der Waals surface area (Å²) in [6.45, 7) is 3.40. The number of ether oxygens (including phenoxy) is 1. The van der Waals surface area contributed by atoms with Gasteiger partial charge in [0.05, 0.1) is 17.6 Å². The maximum atomic E-state index is 13.0. The molecule has 0 bridgehead atoms. The molecule has 0 saturated carbocycles. The molecule has 1 fully saturated rings. The molecular weight excluding hydrogens is 371 g/mol. The second-order valence-corrected chi connectivity index (χ2v) is 7.74. The summed E-state index contributed by atoms with van der Waals surface area (Å²) in [5.74, 6) is -0.188. The van der Waals surface area contributed by atoms with Gasteiger partial charge in [0.2, 0.25) is 5.91 Å². The third-order valence-corrected chi connectivity index (χ3v) is 6.06. The molecule has 0 aliphatic carbocycles. The number of carbonyl (C=O) groups excluding carboxylic acids is 1. The minimum Gasteiger partial charge on any atom is -0.375 e. The second kappa shape index (κ2) is 8.47. The van der Waals surface area contributed by atoms with Gasteiger partial charge in [-0.2, -0.15) is 0 Å². The molecule has 1 spiro atoms. The summed E-state index contributed by atoms with van der Waals surface area (Å²) in [7, 11) is 1.56. The van der Waals surface area contributed by atoms with Gasteiger partial charge < -0.3 is 14.6 Å². The molecule has 1 N–H and O–H groups in total. The molecule has 2 aliphatic rings. The summed E-state index contributed by atoms with van der Waals surface area (Å²) in [4.78, 5) is 25.0. The summed E-state index contributed by atoms with van der Waals surface area (Å²) < 4.78 is 18.1. The lowest BCUT2D eigenvalue weighted by molar-refractivity contribution is -0.146. The van der Waals surface area contributed by atoms with Gasteiger partial charge in [-0.3, -0.25) is 9.69 Å². The third-order valence-electron chi connectivity index (χ3n) is 6.06. The van der Waals surface area contributed by atoms with E-state index in [1.165, 1.54) is 12.1 Å². The van der Waals surface area contributed by atoms with Gasteiger partial charge in [-0.1, -0.05) is 24.3 Å². The second-order valence-electron chi connectivity index (χ2n) is 7.74. The lowest BCUT2D eigenvalue weighted by Gasteiger charge is -2.50. The number of piperidine rings is 1. The van der Waals surface area contributed by atoms with Crippen molar-refractivity contribution < 1.29 is 13.9 Å². The Balaban J connectivity index is 1.44. The SMILES string of the molecule is COCC(=O)N1CCc2[nH]cnc2C12CCN(C/C=C/c1ccc(F)cc1)CC2. The monoisotopic (exact) mass is 398 g/mol. The largest absolute Gasteiger partial charge is 0.375 e. The Hall–Kier alpha value is -2.51. The van der Waals surface area contributed by atoms with Crippen LogP contribution in [-0.4, -0.2) is 65.6 Å². The molecule has 7 heteroatoms. The van der Waals surface area contributed by atoms with Gasteiger partial charge in [-0.15, -0.1) is 0 Å². The number of aromatic nitrogens is 2. The Morgan fingerprint density at radius 2 is 2.03 bits per heavy atom. The topological polar surface area (TPSA) is 61.5 Å². The fourth-order valence-electron chi connectivity index (χ4n) is 4.57. The van der Waals surface area contributed by atoms with Crippen LogP contribution in [0.2, 0.25) is 0 Å². The number of amides is 1. The summed E-state index contributed by atoms with van der Waals surface area (Å²) in [6, 6.07) is 6.50. The molecule has 154 valence electrons. The van der Waals surface area contributed by atoms with Crippen molar-refractivity contribution in [2.75, 3.05) is 39.9 Å². The molecular formula is C22H27FN4O2. The van der Waals surface area contributed by atoms with Crippen LogP contribution in [0.15, 0.2) is 36.7 Å². The number of rotatable bonds is 5. The van der Waals surface area contributed by atoms with E-state index in [1.54, 1.807) is 25.6 Å². The first-order chi connectivity index (χ1) is 14.1. The molecule has 4 rings (SSSR count). The van der Waals surface area contributed by atoms with Crippen molar-refractivity contribution in [3.8, 4) is 0 Å². The zero-order valence-electron chi connectivity index (χ0n) is 16.7. The number of hydrogen-bond donors (Lipinski definition) is 1. The van der Waals surface area contributed by atoms with Crippen molar-refractivity contribution in [3.05, 3.63) is 59.4 Å². The van der Waals surface area contributed by atoms with E-state index < -0.39 is 0 Å². The molecule has 2 aromatic rings. The molecule has 1 amide bonds. The molecule has 1 saturated heterocycles. The van der Waals surface area contributed by atoms with Gasteiger partial charge in [0.1, 0.15) is 12.4 Å². The first-order valence-electron chi connectivity index (χ1n) is 10.1. The Kier molecular flexibility index (Phi) is 5.78. The first-order valence-corrected chi connectivity index (χ1v) is 10.1. The summed E-state index contributed by atoms with van der Waals surface area (Å²) >= 11 is 0. The van der Waals surface area contributed by atoms with Crippen molar-refractivity contribution in [3.63, 3.8) is 0 Å². The number of likely N-dealkylation sites (tertiary alicyclic amines) is 1. The first kappa shape index (κ1) is 19.8. The number of H-pyrrole nitrogens is 1. The zero-order valence-corrected chi connectivity index (χ0v) is 16.7. The van der Waals surface area contributed by atoms with Gasteiger partial charge in [-0.25, -0.2) is 9.37 Å². The predicted octanol–water partition coefficient (Wildman–Crippen LogP) is 2.58. The standard InChI is InChI=1S/C22H27FN4O2/c1-29-15-20(28)27-12-8-19-21(25-16-24-19)22(27)9-13-26(14-10-22)11-2-3-17-4-6-18(23)7-5-17/h2-7,16H,8-15H2,1H3,(H,24,25)/b3-2+. The number of carbonyl (C=O) groups is 1. The predicted molar refractivity (Wildman–Crippen MR) is 109 cm³/mol. The molecule has 0 radical (unpaired) electrons. The van der Waals surface area contributed by atoms with Gasteiger partial charge in [0, 0.05) is 45.4 Å². The summed E-state index contributed by atoms with van der Waals surface area (Å²) in [5, 5.41) is 0. The Morgan fingerprint density at radius 1 is 1.28 bits per heavy atom. The van der Waals surface area contributed by atoms with Crippen molar-refractivity contribution in [1.29, 1.82) is 0 Å². The minimum atomic E-state index is -0.347. The van der Waals surface area contributed by atoms with Gasteiger partial charge in [0.25, 0.3) is 0 Å². The maximum Gasteiger partial charge on any atom is 0.249 e. The Morgan fingerprint density at radius 3 is 2.76 bits per heavy atom. The third kappa shape index (κ3) is 3.97. The number of halogens is 1. The van der Waals surface area contributed by atoms with Crippen LogP contribution < -0.4 is 0 Å². The highest BCUT2D eigenvalue weighted by Crippen LogP contribution is 2.42. The number of nitrogens with zero attached hydrogens (tertiary/aromatic N) is 3. The van der Waals surface area contributed by atoms with Crippen LogP contribution in [0.1, 0.15) is 29.8 Å². The number of nitrogens with one attached hydrogen (secondary N) is 1. The van der Waals surface area contributed by atoms with E-state index in [9.17, 15) is 9.18 Å². The fourth-order valence-corrected chi connectivity index (χ4v) is 4.57. The molecule has 0 unspecified atom stereocenters. The highest BCUT2D eigenvalue weighted by atomic mass is 19.1. The Labute approximate surface area is 170 Å². The molecule has 0 atom stereocenters. The van der Waals surface area contributed by atoms with Crippen molar-refractivity contribution in [2.45, 2.75) is 24.8 Å². The fraction of sp³-hybridized carbons (Fsp3) is 0.455. The van der Waals surface area contributed by atoms with E-state index in [0.717, 1.165) is 55.8 Å². The molecule has 3 heterocycles. The summed E-state index contributed by atoms with van der Waals surface area (Å²) in [6.07, 6.45) is 8.38. The number of hydrogen-bond acceptors (Lipinski definition) is 4. The molecule has 29 heavy (non-hydrogen) atoms. The van der Waals surface area contributed by atoms with Crippen LogP contribution in [-0.2, 0) is 21.5 Å². The van der Waals surface area contributed by atoms with Crippen LogP contribution >= 0.6 is 0 Å². The molecule has 1 aromatic heterocycles. The van der Waals surface area contributed by atoms with E-state index in [0.29, 0.717) is 6.54 Å².